The molecule has 1 rings (SSSR count). The lowest BCUT2D eigenvalue weighted by Crippen LogP contribution is -2.34. The van der Waals surface area contributed by atoms with Gasteiger partial charge in [0.25, 0.3) is 0 Å². The van der Waals surface area contributed by atoms with Gasteiger partial charge < -0.3 is 15.1 Å². The van der Waals surface area contributed by atoms with E-state index in [0.29, 0.717) is 0 Å². The van der Waals surface area contributed by atoms with Crippen LogP contribution in [0.15, 0.2) is 12.1 Å². The van der Waals surface area contributed by atoms with Crippen molar-refractivity contribution in [3.05, 3.63) is 21.9 Å². The molecule has 0 bridgehead atoms. The third-order valence-electron chi connectivity index (χ3n) is 3.99. The Hall–Kier alpha value is -0.420. The summed E-state index contributed by atoms with van der Waals surface area (Å²) in [5, 5.41) is 3.56. The van der Waals surface area contributed by atoms with Crippen LogP contribution in [0, 0.1) is 6.92 Å². The number of rotatable bonds is 12. The van der Waals surface area contributed by atoms with Crippen LogP contribution in [0.2, 0.25) is 0 Å². The van der Waals surface area contributed by atoms with Gasteiger partial charge in [0.2, 0.25) is 0 Å². The molecular formula is C17H33N3S. The molecule has 1 aromatic rings. The molecule has 0 aliphatic heterocycles. The summed E-state index contributed by atoms with van der Waals surface area (Å²) in [6.45, 7) is 18.1. The van der Waals surface area contributed by atoms with Crippen LogP contribution in [-0.2, 0) is 6.54 Å². The molecule has 0 aliphatic carbocycles. The summed E-state index contributed by atoms with van der Waals surface area (Å²) in [7, 11) is 0. The average molecular weight is 312 g/mol. The Morgan fingerprint density at radius 2 is 1.62 bits per heavy atom. The van der Waals surface area contributed by atoms with E-state index in [9.17, 15) is 0 Å². The van der Waals surface area contributed by atoms with Crippen molar-refractivity contribution in [3.8, 4) is 0 Å². The van der Waals surface area contributed by atoms with E-state index in [4.69, 9.17) is 0 Å². The molecule has 0 saturated carbocycles. The lowest BCUT2D eigenvalue weighted by Gasteiger charge is -2.23. The third-order valence-corrected chi connectivity index (χ3v) is 4.99. The molecule has 0 unspecified atom stereocenters. The molecule has 0 fully saturated rings. The smallest absolute Gasteiger partial charge is 0.0300 e. The van der Waals surface area contributed by atoms with Crippen molar-refractivity contribution in [2.75, 3.05) is 45.8 Å². The highest BCUT2D eigenvalue weighted by molar-refractivity contribution is 7.11. The minimum atomic E-state index is 1.01. The molecule has 1 N–H and O–H groups in total. The van der Waals surface area contributed by atoms with E-state index >= 15 is 0 Å². The van der Waals surface area contributed by atoms with Gasteiger partial charge in [-0.15, -0.1) is 11.3 Å². The summed E-state index contributed by atoms with van der Waals surface area (Å²) >= 11 is 1.89. The van der Waals surface area contributed by atoms with Crippen LogP contribution in [-0.4, -0.2) is 55.6 Å². The summed E-state index contributed by atoms with van der Waals surface area (Å²) in [6.07, 6.45) is 1.28. The van der Waals surface area contributed by atoms with Gasteiger partial charge in [-0.2, -0.15) is 0 Å². The molecule has 3 nitrogen and oxygen atoms in total. The maximum absolute atomic E-state index is 3.56. The van der Waals surface area contributed by atoms with Crippen molar-refractivity contribution in [2.45, 2.75) is 40.7 Å². The van der Waals surface area contributed by atoms with E-state index in [1.165, 1.54) is 42.4 Å². The Kier molecular flexibility index (Phi) is 9.92. The molecule has 0 atom stereocenters. The lowest BCUT2D eigenvalue weighted by atomic mass is 10.3. The van der Waals surface area contributed by atoms with Gasteiger partial charge in [0.1, 0.15) is 0 Å². The van der Waals surface area contributed by atoms with Crippen LogP contribution in [0.1, 0.15) is 36.9 Å². The predicted octanol–water partition coefficient (Wildman–Crippen LogP) is 3.20. The zero-order chi connectivity index (χ0) is 15.5. The Balaban J connectivity index is 2.10. The van der Waals surface area contributed by atoms with E-state index in [1.54, 1.807) is 0 Å². The first-order valence-electron chi connectivity index (χ1n) is 8.40. The second-order valence-electron chi connectivity index (χ2n) is 5.50. The standard InChI is InChI=1S/C17H33N3S/c1-5-19(6-2)12-8-13-20(7-3)14-11-18-15-17-10-9-16(4)21-17/h9-10,18H,5-8,11-15H2,1-4H3. The Morgan fingerprint density at radius 3 is 2.19 bits per heavy atom. The first kappa shape index (κ1) is 18.6. The van der Waals surface area contributed by atoms with Crippen molar-refractivity contribution in [2.24, 2.45) is 0 Å². The van der Waals surface area contributed by atoms with Crippen LogP contribution < -0.4 is 5.32 Å². The molecule has 0 aliphatic rings. The largest absolute Gasteiger partial charge is 0.311 e. The van der Waals surface area contributed by atoms with Crippen molar-refractivity contribution >= 4 is 11.3 Å². The fourth-order valence-corrected chi connectivity index (χ4v) is 3.37. The molecule has 4 heteroatoms. The van der Waals surface area contributed by atoms with Gasteiger partial charge in [-0.3, -0.25) is 0 Å². The van der Waals surface area contributed by atoms with Gasteiger partial charge in [0.15, 0.2) is 0 Å². The first-order chi connectivity index (χ1) is 10.2. The number of thiophene rings is 1. The van der Waals surface area contributed by atoms with E-state index in [1.807, 2.05) is 11.3 Å². The fourth-order valence-electron chi connectivity index (χ4n) is 2.51. The van der Waals surface area contributed by atoms with Gasteiger partial charge in [0.05, 0.1) is 0 Å². The molecule has 0 spiro atoms. The highest BCUT2D eigenvalue weighted by Crippen LogP contribution is 2.14. The first-order valence-corrected chi connectivity index (χ1v) is 9.21. The van der Waals surface area contributed by atoms with Crippen LogP contribution >= 0.6 is 11.3 Å². The van der Waals surface area contributed by atoms with Crippen molar-refractivity contribution in [1.29, 1.82) is 0 Å². The zero-order valence-electron chi connectivity index (χ0n) is 14.3. The third kappa shape index (κ3) is 7.96. The molecule has 1 aromatic heterocycles. The van der Waals surface area contributed by atoms with Crippen LogP contribution in [0.5, 0.6) is 0 Å². The molecule has 0 amide bonds. The predicted molar refractivity (Wildman–Crippen MR) is 95.3 cm³/mol. The SMILES string of the molecule is CCN(CC)CCCN(CC)CCNCc1ccc(C)s1. The maximum Gasteiger partial charge on any atom is 0.0300 e. The van der Waals surface area contributed by atoms with Gasteiger partial charge in [-0.05, 0) is 58.2 Å². The van der Waals surface area contributed by atoms with E-state index in [-0.39, 0.29) is 0 Å². The summed E-state index contributed by atoms with van der Waals surface area (Å²) < 4.78 is 0. The number of nitrogens with zero attached hydrogens (tertiary/aromatic N) is 2. The number of aryl methyl sites for hydroxylation is 1. The Bertz CT molecular complexity index is 361. The van der Waals surface area contributed by atoms with Gasteiger partial charge in [-0.25, -0.2) is 0 Å². The summed E-state index contributed by atoms with van der Waals surface area (Å²) in [6, 6.07) is 4.43. The van der Waals surface area contributed by atoms with Gasteiger partial charge in [0, 0.05) is 29.4 Å². The van der Waals surface area contributed by atoms with E-state index in [0.717, 1.165) is 26.2 Å². The summed E-state index contributed by atoms with van der Waals surface area (Å²) in [4.78, 5) is 7.90. The fraction of sp³-hybridized carbons (Fsp3) is 0.765. The second kappa shape index (κ2) is 11.2. The van der Waals surface area contributed by atoms with Crippen molar-refractivity contribution in [3.63, 3.8) is 0 Å². The van der Waals surface area contributed by atoms with Crippen molar-refractivity contribution in [1.82, 2.24) is 15.1 Å². The summed E-state index contributed by atoms with van der Waals surface area (Å²) in [5.74, 6) is 0. The molecule has 0 saturated heterocycles. The number of likely N-dealkylation sites (N-methyl/N-ethyl adjacent to an activating group) is 1. The maximum atomic E-state index is 3.56. The molecule has 1 heterocycles. The highest BCUT2D eigenvalue weighted by atomic mass is 32.1. The van der Waals surface area contributed by atoms with E-state index in [2.05, 4.69) is 54.9 Å². The minimum absolute atomic E-state index is 1.01. The minimum Gasteiger partial charge on any atom is -0.311 e. The van der Waals surface area contributed by atoms with Crippen molar-refractivity contribution < 1.29 is 0 Å². The molecule has 122 valence electrons. The summed E-state index contributed by atoms with van der Waals surface area (Å²) in [5.41, 5.74) is 0. The van der Waals surface area contributed by atoms with Gasteiger partial charge in [-0.1, -0.05) is 20.8 Å². The average Bonchev–Trinajstić information content (AvgIpc) is 2.91. The highest BCUT2D eigenvalue weighted by Gasteiger charge is 2.04. The van der Waals surface area contributed by atoms with Crippen LogP contribution in [0.3, 0.4) is 0 Å². The molecule has 0 radical (unpaired) electrons. The number of nitrogens with one attached hydrogen (secondary N) is 1. The van der Waals surface area contributed by atoms with E-state index < -0.39 is 0 Å². The normalized spacial score (nSPS) is 11.7. The van der Waals surface area contributed by atoms with Gasteiger partial charge >= 0.3 is 0 Å². The molecule has 21 heavy (non-hydrogen) atoms. The van der Waals surface area contributed by atoms with Crippen LogP contribution in [0.25, 0.3) is 0 Å². The number of hydrogen-bond acceptors (Lipinski definition) is 4. The lowest BCUT2D eigenvalue weighted by molar-refractivity contribution is 0.243. The Morgan fingerprint density at radius 1 is 0.952 bits per heavy atom. The number of hydrogen-bond donors (Lipinski definition) is 1. The zero-order valence-corrected chi connectivity index (χ0v) is 15.1. The quantitative estimate of drug-likeness (QED) is 0.598. The molecule has 0 aromatic carbocycles. The van der Waals surface area contributed by atoms with Crippen LogP contribution in [0.4, 0.5) is 0 Å². The Labute approximate surface area is 135 Å². The molecular weight excluding hydrogens is 278 g/mol. The monoisotopic (exact) mass is 311 g/mol. The topological polar surface area (TPSA) is 18.5 Å². The second-order valence-corrected chi connectivity index (χ2v) is 6.88.